The summed E-state index contributed by atoms with van der Waals surface area (Å²) >= 11 is 1.40. The van der Waals surface area contributed by atoms with Gasteiger partial charge in [0.1, 0.15) is 0 Å². The van der Waals surface area contributed by atoms with E-state index < -0.39 is 0 Å². The largest absolute Gasteiger partial charge is 0.341 e. The topological polar surface area (TPSA) is 72.5 Å². The molecular formula is C27H31N5O2S. The number of para-hydroxylation sites is 1. The second-order valence-corrected chi connectivity index (χ2v) is 11.3. The molecule has 3 unspecified atom stereocenters. The van der Waals surface area contributed by atoms with Gasteiger partial charge in [0.05, 0.1) is 21.8 Å². The van der Waals surface area contributed by atoms with Gasteiger partial charge < -0.3 is 4.90 Å². The standard InChI is InChI=1S/C27H31N5O2S/c1-16-10-11-19(4)23(13-16)31-25(34)21-8-6-7-9-22(21)32-26(31)28-29-27(32)35-20(5)24(33)30-14-17(2)12-18(3)15-30/h6-11,13,17-18,20H,12,14-15H2,1-5H3. The summed E-state index contributed by atoms with van der Waals surface area (Å²) < 4.78 is 3.55. The molecule has 0 bridgehead atoms. The van der Waals surface area contributed by atoms with Crippen LogP contribution in [0.3, 0.4) is 0 Å². The van der Waals surface area contributed by atoms with Crippen molar-refractivity contribution in [3.63, 3.8) is 0 Å². The quantitative estimate of drug-likeness (QED) is 0.391. The molecule has 0 aliphatic carbocycles. The average Bonchev–Trinajstić information content (AvgIpc) is 3.23. The highest BCUT2D eigenvalue weighted by molar-refractivity contribution is 8.00. The zero-order valence-corrected chi connectivity index (χ0v) is 21.7. The van der Waals surface area contributed by atoms with Crippen LogP contribution in [0.25, 0.3) is 22.4 Å². The number of nitrogens with zero attached hydrogens (tertiary/aromatic N) is 5. The van der Waals surface area contributed by atoms with Gasteiger partial charge in [0.25, 0.3) is 5.56 Å². The van der Waals surface area contributed by atoms with E-state index in [9.17, 15) is 9.59 Å². The van der Waals surface area contributed by atoms with Crippen molar-refractivity contribution in [2.45, 2.75) is 51.4 Å². The van der Waals surface area contributed by atoms with E-state index in [1.165, 1.54) is 11.8 Å². The zero-order chi connectivity index (χ0) is 24.9. The third-order valence-corrected chi connectivity index (χ3v) is 7.84. The third kappa shape index (κ3) is 4.24. The number of benzene rings is 2. The van der Waals surface area contributed by atoms with Gasteiger partial charge in [0.15, 0.2) is 5.16 Å². The number of thioether (sulfide) groups is 1. The first kappa shape index (κ1) is 23.6. The summed E-state index contributed by atoms with van der Waals surface area (Å²) in [5, 5.41) is 9.79. The first-order chi connectivity index (χ1) is 16.7. The van der Waals surface area contributed by atoms with E-state index in [0.717, 1.165) is 41.8 Å². The molecule has 2 aromatic carbocycles. The Bertz CT molecular complexity index is 1480. The molecule has 0 N–H and O–H groups in total. The van der Waals surface area contributed by atoms with E-state index in [4.69, 9.17) is 0 Å². The normalized spacial score (nSPS) is 19.4. The fraction of sp³-hybridized carbons (Fsp3) is 0.407. The summed E-state index contributed by atoms with van der Waals surface area (Å²) in [5.74, 6) is 1.58. The van der Waals surface area contributed by atoms with Crippen LogP contribution in [0, 0.1) is 25.7 Å². The van der Waals surface area contributed by atoms with Gasteiger partial charge in [-0.05, 0) is 68.4 Å². The lowest BCUT2D eigenvalue weighted by atomic mass is 9.92. The van der Waals surface area contributed by atoms with Crippen molar-refractivity contribution in [2.75, 3.05) is 13.1 Å². The van der Waals surface area contributed by atoms with Crippen LogP contribution >= 0.6 is 11.8 Å². The molecule has 8 heteroatoms. The van der Waals surface area contributed by atoms with Crippen molar-refractivity contribution in [2.24, 2.45) is 11.8 Å². The molecule has 3 atom stereocenters. The van der Waals surface area contributed by atoms with Gasteiger partial charge in [0.2, 0.25) is 11.7 Å². The lowest BCUT2D eigenvalue weighted by Crippen LogP contribution is -2.45. The Morgan fingerprint density at radius 2 is 1.77 bits per heavy atom. The van der Waals surface area contributed by atoms with Crippen LogP contribution in [0.5, 0.6) is 0 Å². The van der Waals surface area contributed by atoms with Crippen LogP contribution in [0.4, 0.5) is 0 Å². The smallest absolute Gasteiger partial charge is 0.267 e. The molecule has 0 radical (unpaired) electrons. The Morgan fingerprint density at radius 1 is 1.06 bits per heavy atom. The van der Waals surface area contributed by atoms with Gasteiger partial charge in [-0.25, -0.2) is 4.57 Å². The number of carbonyl (C=O) groups excluding carboxylic acids is 1. The van der Waals surface area contributed by atoms with Crippen LogP contribution in [0.2, 0.25) is 0 Å². The van der Waals surface area contributed by atoms with Crippen LogP contribution < -0.4 is 5.56 Å². The van der Waals surface area contributed by atoms with Gasteiger partial charge in [-0.15, -0.1) is 10.2 Å². The van der Waals surface area contributed by atoms with E-state index in [1.54, 1.807) is 4.57 Å². The van der Waals surface area contributed by atoms with E-state index in [2.05, 4.69) is 24.0 Å². The molecule has 7 nitrogen and oxygen atoms in total. The highest BCUT2D eigenvalue weighted by Gasteiger charge is 2.30. The second kappa shape index (κ2) is 9.15. The number of rotatable bonds is 4. The Hall–Kier alpha value is -3.13. The van der Waals surface area contributed by atoms with Crippen molar-refractivity contribution in [3.8, 4) is 5.69 Å². The summed E-state index contributed by atoms with van der Waals surface area (Å²) in [6.45, 7) is 11.9. The van der Waals surface area contributed by atoms with Crippen molar-refractivity contribution in [1.82, 2.24) is 24.1 Å². The molecule has 3 heterocycles. The molecular weight excluding hydrogens is 458 g/mol. The van der Waals surface area contributed by atoms with Gasteiger partial charge in [-0.3, -0.25) is 14.0 Å². The SMILES string of the molecule is Cc1ccc(C)c(-n2c(=O)c3ccccc3n3c(SC(C)C(=O)N4CC(C)CC(C)C4)nnc23)c1. The lowest BCUT2D eigenvalue weighted by Gasteiger charge is -2.36. The molecule has 1 aliphatic heterocycles. The average molecular weight is 490 g/mol. The number of hydrogen-bond acceptors (Lipinski definition) is 5. The minimum Gasteiger partial charge on any atom is -0.341 e. The molecule has 0 spiro atoms. The van der Waals surface area contributed by atoms with E-state index >= 15 is 0 Å². The highest BCUT2D eigenvalue weighted by atomic mass is 32.2. The molecule has 4 aromatic rings. The number of aryl methyl sites for hydroxylation is 2. The molecule has 2 aromatic heterocycles. The summed E-state index contributed by atoms with van der Waals surface area (Å²) in [7, 11) is 0. The van der Waals surface area contributed by atoms with Crippen molar-refractivity contribution < 1.29 is 4.79 Å². The van der Waals surface area contributed by atoms with Crippen LogP contribution in [-0.4, -0.2) is 48.3 Å². The maximum Gasteiger partial charge on any atom is 0.267 e. The minimum atomic E-state index is -0.320. The number of fused-ring (bicyclic) bond motifs is 3. The molecule has 1 fully saturated rings. The molecule has 5 rings (SSSR count). The van der Waals surface area contributed by atoms with Gasteiger partial charge in [-0.2, -0.15) is 0 Å². The monoisotopic (exact) mass is 489 g/mol. The molecule has 1 amide bonds. The summed E-state index contributed by atoms with van der Waals surface area (Å²) in [4.78, 5) is 29.0. The molecule has 1 saturated heterocycles. The fourth-order valence-corrected chi connectivity index (χ4v) is 6.18. The Morgan fingerprint density at radius 3 is 2.51 bits per heavy atom. The highest BCUT2D eigenvalue weighted by Crippen LogP contribution is 2.29. The number of aromatic nitrogens is 4. The maximum atomic E-state index is 13.6. The number of hydrogen-bond donors (Lipinski definition) is 0. The lowest BCUT2D eigenvalue weighted by molar-refractivity contribution is -0.132. The van der Waals surface area contributed by atoms with Crippen molar-refractivity contribution in [3.05, 3.63) is 63.9 Å². The molecule has 182 valence electrons. The van der Waals surface area contributed by atoms with Crippen LogP contribution in [0.15, 0.2) is 52.4 Å². The van der Waals surface area contributed by atoms with Gasteiger partial charge in [0, 0.05) is 13.1 Å². The Labute approximate surface area is 209 Å². The predicted octanol–water partition coefficient (Wildman–Crippen LogP) is 4.64. The minimum absolute atomic E-state index is 0.123. The fourth-order valence-electron chi connectivity index (χ4n) is 5.24. The predicted molar refractivity (Wildman–Crippen MR) is 140 cm³/mol. The van der Waals surface area contributed by atoms with E-state index in [0.29, 0.717) is 28.2 Å². The van der Waals surface area contributed by atoms with Gasteiger partial charge in [-0.1, -0.05) is 49.9 Å². The molecule has 35 heavy (non-hydrogen) atoms. The van der Waals surface area contributed by atoms with Crippen molar-refractivity contribution >= 4 is 34.3 Å². The summed E-state index contributed by atoms with van der Waals surface area (Å²) in [6.07, 6.45) is 1.15. The third-order valence-electron chi connectivity index (χ3n) is 6.81. The number of likely N-dealkylation sites (tertiary alicyclic amines) is 1. The van der Waals surface area contributed by atoms with Crippen LogP contribution in [0.1, 0.15) is 38.3 Å². The number of amides is 1. The van der Waals surface area contributed by atoms with E-state index in [1.807, 2.05) is 72.5 Å². The molecule has 1 aliphatic rings. The Balaban J connectivity index is 1.62. The second-order valence-electron chi connectivity index (χ2n) is 10.0. The first-order valence-corrected chi connectivity index (χ1v) is 13.0. The van der Waals surface area contributed by atoms with Gasteiger partial charge >= 0.3 is 0 Å². The summed E-state index contributed by atoms with van der Waals surface area (Å²) in [5.41, 5.74) is 3.42. The number of carbonyl (C=O) groups is 1. The summed E-state index contributed by atoms with van der Waals surface area (Å²) in [6, 6.07) is 13.5. The van der Waals surface area contributed by atoms with Crippen LogP contribution in [-0.2, 0) is 4.79 Å². The maximum absolute atomic E-state index is 13.6. The van der Waals surface area contributed by atoms with Crippen molar-refractivity contribution in [1.29, 1.82) is 0 Å². The molecule has 0 saturated carbocycles. The Kier molecular flexibility index (Phi) is 6.17. The first-order valence-electron chi connectivity index (χ1n) is 12.2. The zero-order valence-electron chi connectivity index (χ0n) is 20.9. The number of piperidine rings is 1. The van der Waals surface area contributed by atoms with E-state index in [-0.39, 0.29) is 16.7 Å².